The van der Waals surface area contributed by atoms with Crippen LogP contribution in [0.3, 0.4) is 0 Å². The summed E-state index contributed by atoms with van der Waals surface area (Å²) >= 11 is 0. The second-order valence-corrected chi connectivity index (χ2v) is 6.18. The minimum absolute atomic E-state index is 0.270. The lowest BCUT2D eigenvalue weighted by atomic mass is 10.0. The Morgan fingerprint density at radius 2 is 1.81 bits per heavy atom. The van der Waals surface area contributed by atoms with Gasteiger partial charge in [-0.25, -0.2) is 9.18 Å². The van der Waals surface area contributed by atoms with Gasteiger partial charge in [-0.05, 0) is 47.5 Å². The number of carbonyl (C=O) groups is 1. The van der Waals surface area contributed by atoms with Gasteiger partial charge in [-0.3, -0.25) is 0 Å². The summed E-state index contributed by atoms with van der Waals surface area (Å²) in [6, 6.07) is 20.3. The van der Waals surface area contributed by atoms with Gasteiger partial charge in [0, 0.05) is 17.4 Å². The highest BCUT2D eigenvalue weighted by Gasteiger charge is 2.17. The summed E-state index contributed by atoms with van der Waals surface area (Å²) < 4.78 is 20.9. The monoisotopic (exact) mass is 347 g/mol. The van der Waals surface area contributed by atoms with Crippen LogP contribution in [0.5, 0.6) is 0 Å². The maximum atomic E-state index is 13.8. The Bertz CT molecular complexity index is 1110. The van der Waals surface area contributed by atoms with Gasteiger partial charge >= 0.3 is 5.97 Å². The molecule has 0 N–H and O–H groups in total. The Balaban J connectivity index is 1.88. The molecular formula is C22H18FNO2. The molecule has 0 fully saturated rings. The Labute approximate surface area is 150 Å². The number of nitrogens with zero attached hydrogens (tertiary/aromatic N) is 1. The molecule has 4 rings (SSSR count). The van der Waals surface area contributed by atoms with Gasteiger partial charge in [-0.15, -0.1) is 0 Å². The minimum atomic E-state index is -0.352. The van der Waals surface area contributed by atoms with Crippen LogP contribution in [-0.2, 0) is 11.3 Å². The number of benzene rings is 3. The maximum absolute atomic E-state index is 13.8. The van der Waals surface area contributed by atoms with Gasteiger partial charge in [0.25, 0.3) is 0 Å². The van der Waals surface area contributed by atoms with Crippen molar-refractivity contribution in [2.24, 2.45) is 0 Å². The fourth-order valence-electron chi connectivity index (χ4n) is 3.37. The molecule has 0 aliphatic rings. The number of para-hydroxylation sites is 1. The molecule has 4 heteroatoms. The van der Waals surface area contributed by atoms with Crippen molar-refractivity contribution in [2.45, 2.75) is 13.5 Å². The van der Waals surface area contributed by atoms with Crippen molar-refractivity contribution in [1.82, 2.24) is 4.57 Å². The lowest BCUT2D eigenvalue weighted by Crippen LogP contribution is -2.13. The van der Waals surface area contributed by atoms with Crippen molar-refractivity contribution >= 4 is 27.6 Å². The zero-order valence-corrected chi connectivity index (χ0v) is 14.4. The standard InChI is InChI=1S/C22H18FNO2/c1-2-26-22(25)21-12-16-6-3-4-9-20(16)24(21)14-17-8-5-7-15-10-11-18(23)13-19(15)17/h3-13H,2,14H2,1H3. The zero-order valence-electron chi connectivity index (χ0n) is 14.4. The lowest BCUT2D eigenvalue weighted by molar-refractivity contribution is 0.0515. The largest absolute Gasteiger partial charge is 0.461 e. The van der Waals surface area contributed by atoms with E-state index in [-0.39, 0.29) is 11.8 Å². The number of hydrogen-bond donors (Lipinski definition) is 0. The van der Waals surface area contributed by atoms with E-state index >= 15 is 0 Å². The van der Waals surface area contributed by atoms with Gasteiger partial charge in [0.1, 0.15) is 11.5 Å². The molecule has 3 aromatic carbocycles. The van der Waals surface area contributed by atoms with Crippen LogP contribution in [0.15, 0.2) is 66.7 Å². The number of halogens is 1. The topological polar surface area (TPSA) is 31.2 Å². The Hall–Kier alpha value is -3.14. The van der Waals surface area contributed by atoms with Crippen molar-refractivity contribution < 1.29 is 13.9 Å². The minimum Gasteiger partial charge on any atom is -0.461 e. The number of aromatic nitrogens is 1. The third-order valence-electron chi connectivity index (χ3n) is 4.56. The Morgan fingerprint density at radius 1 is 1.00 bits per heavy atom. The van der Waals surface area contributed by atoms with Crippen LogP contribution in [0.1, 0.15) is 23.0 Å². The van der Waals surface area contributed by atoms with Crippen molar-refractivity contribution in [3.05, 3.63) is 83.8 Å². The van der Waals surface area contributed by atoms with Gasteiger partial charge in [0.05, 0.1) is 6.61 Å². The molecule has 130 valence electrons. The molecule has 0 spiro atoms. The fraction of sp³-hybridized carbons (Fsp3) is 0.136. The molecule has 4 aromatic rings. The molecule has 0 saturated carbocycles. The van der Waals surface area contributed by atoms with E-state index in [4.69, 9.17) is 4.74 Å². The van der Waals surface area contributed by atoms with Crippen LogP contribution in [0.2, 0.25) is 0 Å². The first kappa shape index (κ1) is 16.3. The third-order valence-corrected chi connectivity index (χ3v) is 4.56. The van der Waals surface area contributed by atoms with Crippen LogP contribution >= 0.6 is 0 Å². The second-order valence-electron chi connectivity index (χ2n) is 6.18. The van der Waals surface area contributed by atoms with E-state index in [1.165, 1.54) is 6.07 Å². The smallest absolute Gasteiger partial charge is 0.354 e. The molecule has 0 aliphatic heterocycles. The number of ether oxygens (including phenoxy) is 1. The summed E-state index contributed by atoms with van der Waals surface area (Å²) in [6.45, 7) is 2.57. The number of carbonyl (C=O) groups excluding carboxylic acids is 1. The highest BCUT2D eigenvalue weighted by molar-refractivity contribution is 5.96. The van der Waals surface area contributed by atoms with Gasteiger partial charge in [0.15, 0.2) is 0 Å². The van der Waals surface area contributed by atoms with E-state index in [1.807, 2.05) is 53.1 Å². The number of rotatable bonds is 4. The molecule has 0 radical (unpaired) electrons. The molecule has 26 heavy (non-hydrogen) atoms. The number of fused-ring (bicyclic) bond motifs is 2. The van der Waals surface area contributed by atoms with E-state index in [9.17, 15) is 9.18 Å². The van der Waals surface area contributed by atoms with Crippen molar-refractivity contribution in [3.63, 3.8) is 0 Å². The normalized spacial score (nSPS) is 11.2. The van der Waals surface area contributed by atoms with E-state index in [0.717, 1.165) is 27.2 Å². The molecule has 0 amide bonds. The molecule has 1 heterocycles. The summed E-state index contributed by atoms with van der Waals surface area (Å²) in [5.41, 5.74) is 2.40. The quantitative estimate of drug-likeness (QED) is 0.478. The first-order valence-electron chi connectivity index (χ1n) is 8.60. The van der Waals surface area contributed by atoms with E-state index < -0.39 is 0 Å². The van der Waals surface area contributed by atoms with Crippen LogP contribution in [0.4, 0.5) is 4.39 Å². The van der Waals surface area contributed by atoms with Crippen molar-refractivity contribution in [1.29, 1.82) is 0 Å². The molecule has 0 aliphatic carbocycles. The van der Waals surface area contributed by atoms with E-state index in [0.29, 0.717) is 18.8 Å². The van der Waals surface area contributed by atoms with Crippen LogP contribution < -0.4 is 0 Å². The summed E-state index contributed by atoms with van der Waals surface area (Å²) in [7, 11) is 0. The first-order valence-corrected chi connectivity index (χ1v) is 8.60. The zero-order chi connectivity index (χ0) is 18.1. The van der Waals surface area contributed by atoms with Gasteiger partial charge in [0.2, 0.25) is 0 Å². The molecule has 0 saturated heterocycles. The van der Waals surface area contributed by atoms with E-state index in [2.05, 4.69) is 0 Å². The van der Waals surface area contributed by atoms with Crippen molar-refractivity contribution in [2.75, 3.05) is 6.61 Å². The van der Waals surface area contributed by atoms with Crippen LogP contribution in [0.25, 0.3) is 21.7 Å². The van der Waals surface area contributed by atoms with Crippen LogP contribution in [-0.4, -0.2) is 17.1 Å². The fourth-order valence-corrected chi connectivity index (χ4v) is 3.37. The molecule has 0 atom stereocenters. The van der Waals surface area contributed by atoms with Crippen molar-refractivity contribution in [3.8, 4) is 0 Å². The summed E-state index contributed by atoms with van der Waals surface area (Å²) in [5.74, 6) is -0.622. The lowest BCUT2D eigenvalue weighted by Gasteiger charge is -2.12. The Kier molecular flexibility index (Phi) is 4.17. The summed E-state index contributed by atoms with van der Waals surface area (Å²) in [4.78, 5) is 12.4. The van der Waals surface area contributed by atoms with Crippen LogP contribution in [0, 0.1) is 5.82 Å². The highest BCUT2D eigenvalue weighted by Crippen LogP contribution is 2.26. The first-order chi connectivity index (χ1) is 12.7. The van der Waals surface area contributed by atoms with E-state index in [1.54, 1.807) is 19.1 Å². The molecule has 0 bridgehead atoms. The number of esters is 1. The average Bonchev–Trinajstić information content (AvgIpc) is 3.01. The predicted molar refractivity (Wildman–Crippen MR) is 101 cm³/mol. The summed E-state index contributed by atoms with van der Waals surface area (Å²) in [6.07, 6.45) is 0. The maximum Gasteiger partial charge on any atom is 0.354 e. The predicted octanol–water partition coefficient (Wildman–Crippen LogP) is 5.16. The second kappa shape index (κ2) is 6.64. The van der Waals surface area contributed by atoms with Gasteiger partial charge in [-0.2, -0.15) is 0 Å². The molecular weight excluding hydrogens is 329 g/mol. The molecule has 0 unspecified atom stereocenters. The molecule has 1 aromatic heterocycles. The average molecular weight is 347 g/mol. The van der Waals surface area contributed by atoms with Gasteiger partial charge < -0.3 is 9.30 Å². The number of hydrogen-bond acceptors (Lipinski definition) is 2. The SMILES string of the molecule is CCOC(=O)c1cc2ccccc2n1Cc1cccc2ccc(F)cc12. The highest BCUT2D eigenvalue weighted by atomic mass is 19.1. The molecule has 3 nitrogen and oxygen atoms in total. The summed E-state index contributed by atoms with van der Waals surface area (Å²) in [5, 5.41) is 2.79. The Morgan fingerprint density at radius 3 is 2.65 bits per heavy atom. The third kappa shape index (κ3) is 2.84. The van der Waals surface area contributed by atoms with Gasteiger partial charge in [-0.1, -0.05) is 42.5 Å².